The zero-order valence-corrected chi connectivity index (χ0v) is 20.2. The monoisotopic (exact) mass is 477 g/mol. The third-order valence-corrected chi connectivity index (χ3v) is 6.76. The largest absolute Gasteiger partial charge is 0.353 e. The summed E-state index contributed by atoms with van der Waals surface area (Å²) in [6.07, 6.45) is 5.21. The Morgan fingerprint density at radius 1 is 0.912 bits per heavy atom. The van der Waals surface area contributed by atoms with E-state index in [4.69, 9.17) is 0 Å². The van der Waals surface area contributed by atoms with Gasteiger partial charge in [0.1, 0.15) is 0 Å². The van der Waals surface area contributed by atoms with Crippen molar-refractivity contribution in [2.45, 2.75) is 31.7 Å². The summed E-state index contributed by atoms with van der Waals surface area (Å²) in [6, 6.07) is 27.2. The lowest BCUT2D eigenvalue weighted by Crippen LogP contribution is -2.38. The molecule has 1 atom stereocenters. The van der Waals surface area contributed by atoms with Crippen LogP contribution < -0.4 is 14.9 Å². The van der Waals surface area contributed by atoms with E-state index in [1.54, 1.807) is 6.07 Å². The number of para-hydroxylation sites is 2. The highest BCUT2D eigenvalue weighted by Gasteiger charge is 2.27. The third-order valence-electron chi connectivity index (χ3n) is 6.15. The standard InChI is InChI=1S/C27H31N3O3S/c1-34(32,33)29-23-14-10-13-22(19-23)26(20-28-27(31)21-11-8-9-12-21)30(24-15-4-2-5-16-24)25-17-6-3-7-18-25/h2-7,10,13-19,21,26,29H,8-9,11-12,20H2,1H3,(H,28,31). The number of carbonyl (C=O) groups excluding carboxylic acids is 1. The molecule has 3 aromatic carbocycles. The number of hydrogen-bond donors (Lipinski definition) is 2. The van der Waals surface area contributed by atoms with Crippen molar-refractivity contribution >= 4 is 33.0 Å². The van der Waals surface area contributed by atoms with Gasteiger partial charge in [0.05, 0.1) is 12.3 Å². The van der Waals surface area contributed by atoms with E-state index in [1.807, 2.05) is 78.9 Å². The van der Waals surface area contributed by atoms with Gasteiger partial charge in [0.2, 0.25) is 15.9 Å². The summed E-state index contributed by atoms with van der Waals surface area (Å²) in [7, 11) is -3.41. The fourth-order valence-corrected chi connectivity index (χ4v) is 5.15. The van der Waals surface area contributed by atoms with Crippen molar-refractivity contribution in [3.05, 3.63) is 90.5 Å². The van der Waals surface area contributed by atoms with Gasteiger partial charge < -0.3 is 10.2 Å². The van der Waals surface area contributed by atoms with Crippen LogP contribution in [0, 0.1) is 5.92 Å². The second kappa shape index (κ2) is 10.7. The average Bonchev–Trinajstić information content (AvgIpc) is 3.37. The van der Waals surface area contributed by atoms with Gasteiger partial charge in [-0.3, -0.25) is 9.52 Å². The molecule has 1 amide bonds. The average molecular weight is 478 g/mol. The van der Waals surface area contributed by atoms with E-state index < -0.39 is 10.0 Å². The first kappa shape index (κ1) is 23.8. The fourth-order valence-electron chi connectivity index (χ4n) is 4.60. The van der Waals surface area contributed by atoms with E-state index in [0.29, 0.717) is 12.2 Å². The molecule has 34 heavy (non-hydrogen) atoms. The third kappa shape index (κ3) is 6.17. The smallest absolute Gasteiger partial charge is 0.229 e. The topological polar surface area (TPSA) is 78.5 Å². The van der Waals surface area contributed by atoms with Crippen LogP contribution in [0.1, 0.15) is 37.3 Å². The molecular formula is C27H31N3O3S. The second-order valence-electron chi connectivity index (χ2n) is 8.78. The van der Waals surface area contributed by atoms with Crippen molar-refractivity contribution in [3.63, 3.8) is 0 Å². The zero-order chi connectivity index (χ0) is 24.0. The molecule has 2 N–H and O–H groups in total. The minimum absolute atomic E-state index is 0.0702. The lowest BCUT2D eigenvalue weighted by Gasteiger charge is -2.35. The van der Waals surface area contributed by atoms with Crippen molar-refractivity contribution in [1.82, 2.24) is 5.32 Å². The van der Waals surface area contributed by atoms with Crippen LogP contribution in [0.15, 0.2) is 84.9 Å². The summed E-state index contributed by atoms with van der Waals surface area (Å²) in [5.74, 6) is 0.162. The van der Waals surface area contributed by atoms with Gasteiger partial charge in [0, 0.05) is 29.5 Å². The molecular weight excluding hydrogens is 446 g/mol. The normalized spacial score (nSPS) is 15.0. The maximum atomic E-state index is 12.9. The highest BCUT2D eigenvalue weighted by molar-refractivity contribution is 7.92. The first-order chi connectivity index (χ1) is 16.4. The zero-order valence-electron chi connectivity index (χ0n) is 19.4. The first-order valence-electron chi connectivity index (χ1n) is 11.7. The van der Waals surface area contributed by atoms with E-state index in [0.717, 1.165) is 48.9 Å². The van der Waals surface area contributed by atoms with E-state index in [-0.39, 0.29) is 17.9 Å². The molecule has 1 aliphatic rings. The molecule has 1 aliphatic carbocycles. The van der Waals surface area contributed by atoms with Crippen LogP contribution in [0.2, 0.25) is 0 Å². The van der Waals surface area contributed by atoms with E-state index in [9.17, 15) is 13.2 Å². The number of hydrogen-bond acceptors (Lipinski definition) is 4. The summed E-state index contributed by atoms with van der Waals surface area (Å²) < 4.78 is 26.3. The molecule has 0 aromatic heterocycles. The number of nitrogens with one attached hydrogen (secondary N) is 2. The fraction of sp³-hybridized carbons (Fsp3) is 0.296. The van der Waals surface area contributed by atoms with E-state index >= 15 is 0 Å². The van der Waals surface area contributed by atoms with Gasteiger partial charge in [0.15, 0.2) is 0 Å². The predicted octanol–water partition coefficient (Wildman–Crippen LogP) is 5.24. The predicted molar refractivity (Wildman–Crippen MR) is 138 cm³/mol. The van der Waals surface area contributed by atoms with Gasteiger partial charge in [-0.25, -0.2) is 8.42 Å². The quantitative estimate of drug-likeness (QED) is 0.442. The summed E-state index contributed by atoms with van der Waals surface area (Å²) >= 11 is 0. The van der Waals surface area contributed by atoms with Crippen LogP contribution in [0.4, 0.5) is 17.1 Å². The van der Waals surface area contributed by atoms with Crippen molar-refractivity contribution < 1.29 is 13.2 Å². The Morgan fingerprint density at radius 2 is 1.50 bits per heavy atom. The summed E-state index contributed by atoms with van der Waals surface area (Å²) in [4.78, 5) is 15.1. The number of carbonyl (C=O) groups is 1. The molecule has 178 valence electrons. The van der Waals surface area contributed by atoms with Crippen LogP contribution in [0.5, 0.6) is 0 Å². The Balaban J connectivity index is 1.74. The number of sulfonamides is 1. The molecule has 0 aliphatic heterocycles. The molecule has 1 unspecified atom stereocenters. The SMILES string of the molecule is CS(=O)(=O)Nc1cccc(C(CNC(=O)C2CCCC2)N(c2ccccc2)c2ccccc2)c1. The van der Waals surface area contributed by atoms with Crippen LogP contribution in [0.25, 0.3) is 0 Å². The summed E-state index contributed by atoms with van der Waals surface area (Å²) in [5, 5.41) is 3.19. The van der Waals surface area contributed by atoms with Crippen molar-refractivity contribution in [2.24, 2.45) is 5.92 Å². The Bertz CT molecular complexity index is 1150. The molecule has 4 rings (SSSR count). The molecule has 0 heterocycles. The molecule has 1 fully saturated rings. The number of nitrogens with zero attached hydrogens (tertiary/aromatic N) is 1. The molecule has 6 nitrogen and oxygen atoms in total. The summed E-state index contributed by atoms with van der Waals surface area (Å²) in [5.41, 5.74) is 3.35. The number of anilines is 3. The second-order valence-corrected chi connectivity index (χ2v) is 10.5. The molecule has 3 aromatic rings. The molecule has 0 spiro atoms. The maximum absolute atomic E-state index is 12.9. The Labute approximate surface area is 202 Å². The van der Waals surface area contributed by atoms with E-state index in [1.165, 1.54) is 0 Å². The molecule has 1 saturated carbocycles. The van der Waals surface area contributed by atoms with Crippen LogP contribution in [-0.4, -0.2) is 27.1 Å². The Kier molecular flexibility index (Phi) is 7.53. The highest BCUT2D eigenvalue weighted by Crippen LogP contribution is 2.36. The van der Waals surface area contributed by atoms with E-state index in [2.05, 4.69) is 14.9 Å². The van der Waals surface area contributed by atoms with Gasteiger partial charge >= 0.3 is 0 Å². The number of benzene rings is 3. The summed E-state index contributed by atoms with van der Waals surface area (Å²) in [6.45, 7) is 0.390. The molecule has 0 radical (unpaired) electrons. The lowest BCUT2D eigenvalue weighted by molar-refractivity contribution is -0.124. The minimum Gasteiger partial charge on any atom is -0.353 e. The van der Waals surface area contributed by atoms with Crippen molar-refractivity contribution in [1.29, 1.82) is 0 Å². The maximum Gasteiger partial charge on any atom is 0.229 e. The highest BCUT2D eigenvalue weighted by atomic mass is 32.2. The molecule has 0 bridgehead atoms. The van der Waals surface area contributed by atoms with Gasteiger partial charge in [-0.15, -0.1) is 0 Å². The Morgan fingerprint density at radius 3 is 2.06 bits per heavy atom. The minimum atomic E-state index is -3.41. The number of amides is 1. The van der Waals surface area contributed by atoms with Crippen LogP contribution in [0.3, 0.4) is 0 Å². The van der Waals surface area contributed by atoms with Crippen LogP contribution >= 0.6 is 0 Å². The van der Waals surface area contributed by atoms with Crippen molar-refractivity contribution in [3.8, 4) is 0 Å². The van der Waals surface area contributed by atoms with Gasteiger partial charge in [0.25, 0.3) is 0 Å². The van der Waals surface area contributed by atoms with Crippen molar-refractivity contribution in [2.75, 3.05) is 22.4 Å². The molecule has 7 heteroatoms. The van der Waals surface area contributed by atoms with Gasteiger partial charge in [-0.1, -0.05) is 61.4 Å². The first-order valence-corrected chi connectivity index (χ1v) is 13.5. The number of rotatable bonds is 9. The van der Waals surface area contributed by atoms with Crippen LogP contribution in [-0.2, 0) is 14.8 Å². The van der Waals surface area contributed by atoms with Gasteiger partial charge in [-0.05, 0) is 54.8 Å². The Hall–Kier alpha value is -3.32. The molecule has 0 saturated heterocycles. The lowest BCUT2D eigenvalue weighted by atomic mass is 10.0. The van der Waals surface area contributed by atoms with Gasteiger partial charge in [-0.2, -0.15) is 0 Å².